The fourth-order valence-electron chi connectivity index (χ4n) is 1.20. The van der Waals surface area contributed by atoms with E-state index in [1.807, 2.05) is 13.8 Å². The highest BCUT2D eigenvalue weighted by Gasteiger charge is 2.36. The zero-order valence-electron chi connectivity index (χ0n) is 7.44. The molecular formula is C8H11F3OS. The molecule has 0 aliphatic heterocycles. The molecule has 0 fully saturated rings. The smallest absolute Gasteiger partial charge is 0.421 e. The van der Waals surface area contributed by atoms with E-state index in [-0.39, 0.29) is 5.41 Å². The predicted molar refractivity (Wildman–Crippen MR) is 45.8 cm³/mol. The van der Waals surface area contributed by atoms with Gasteiger partial charge in [0, 0.05) is 5.41 Å². The lowest BCUT2D eigenvalue weighted by atomic mass is 9.92. The Labute approximate surface area is 79.5 Å². The molecule has 76 valence electrons. The minimum Gasteiger partial charge on any atom is -0.421 e. The van der Waals surface area contributed by atoms with E-state index in [1.54, 1.807) is 6.08 Å². The maximum absolute atomic E-state index is 11.8. The Balaban J connectivity index is 2.47. The summed E-state index contributed by atoms with van der Waals surface area (Å²) in [5.41, 5.74) is -4.57. The lowest BCUT2D eigenvalue weighted by molar-refractivity contribution is -0.0389. The molecule has 0 heterocycles. The summed E-state index contributed by atoms with van der Waals surface area (Å²) in [5.74, 6) is 0.440. The molecule has 0 aromatic rings. The van der Waals surface area contributed by atoms with Crippen LogP contribution in [0.2, 0.25) is 0 Å². The molecular weight excluding hydrogens is 201 g/mol. The minimum absolute atomic E-state index is 0.252. The van der Waals surface area contributed by atoms with Crippen molar-refractivity contribution in [2.75, 3.05) is 0 Å². The van der Waals surface area contributed by atoms with E-state index in [0.717, 1.165) is 12.8 Å². The second kappa shape index (κ2) is 3.44. The number of hydrogen-bond donors (Lipinski definition) is 0. The van der Waals surface area contributed by atoms with Crippen LogP contribution in [0.4, 0.5) is 13.2 Å². The first-order chi connectivity index (χ1) is 5.81. The van der Waals surface area contributed by atoms with Crippen molar-refractivity contribution < 1.29 is 17.4 Å². The fraction of sp³-hybridized carbons (Fsp3) is 0.750. The third kappa shape index (κ3) is 3.14. The van der Waals surface area contributed by atoms with Gasteiger partial charge in [-0.25, -0.2) is 0 Å². The summed E-state index contributed by atoms with van der Waals surface area (Å²) >= 11 is -0.435. The molecule has 0 aromatic carbocycles. The first-order valence-corrected chi connectivity index (χ1v) is 4.68. The number of alkyl halides is 3. The van der Waals surface area contributed by atoms with Gasteiger partial charge in [-0.3, -0.25) is 0 Å². The van der Waals surface area contributed by atoms with Crippen LogP contribution >= 0.6 is 12.0 Å². The molecule has 0 saturated carbocycles. The quantitative estimate of drug-likeness (QED) is 0.642. The molecule has 13 heavy (non-hydrogen) atoms. The largest absolute Gasteiger partial charge is 0.479 e. The van der Waals surface area contributed by atoms with Crippen LogP contribution in [-0.4, -0.2) is 5.51 Å². The molecule has 5 heteroatoms. The van der Waals surface area contributed by atoms with E-state index in [0.29, 0.717) is 5.76 Å². The summed E-state index contributed by atoms with van der Waals surface area (Å²) in [6.07, 6.45) is 3.36. The van der Waals surface area contributed by atoms with Gasteiger partial charge in [-0.15, -0.1) is 0 Å². The lowest BCUT2D eigenvalue weighted by Crippen LogP contribution is -2.12. The van der Waals surface area contributed by atoms with Crippen molar-refractivity contribution in [3.05, 3.63) is 11.8 Å². The van der Waals surface area contributed by atoms with Crippen LogP contribution in [0.3, 0.4) is 0 Å². The molecule has 0 bridgehead atoms. The average Bonchev–Trinajstić information content (AvgIpc) is 2.23. The standard InChI is InChI=1S/C8H11F3OS/c1-7(2)5-3-4-6(7)12-13-8(9,10)11/h4H,3,5H2,1-2H3. The van der Waals surface area contributed by atoms with Crippen molar-refractivity contribution in [2.45, 2.75) is 32.2 Å². The Morgan fingerprint density at radius 1 is 1.46 bits per heavy atom. The number of rotatable bonds is 2. The molecule has 1 aliphatic rings. The van der Waals surface area contributed by atoms with Crippen LogP contribution in [0, 0.1) is 5.41 Å². The first kappa shape index (κ1) is 10.8. The number of hydrogen-bond acceptors (Lipinski definition) is 2. The number of allylic oxidation sites excluding steroid dienone is 2. The van der Waals surface area contributed by atoms with Crippen LogP contribution in [0.15, 0.2) is 11.8 Å². The van der Waals surface area contributed by atoms with Gasteiger partial charge in [-0.05, 0) is 18.9 Å². The van der Waals surface area contributed by atoms with Gasteiger partial charge in [0.1, 0.15) is 5.76 Å². The van der Waals surface area contributed by atoms with Crippen LogP contribution < -0.4 is 0 Å². The monoisotopic (exact) mass is 212 g/mol. The molecule has 0 radical (unpaired) electrons. The Kier molecular flexibility index (Phi) is 2.85. The molecule has 0 amide bonds. The predicted octanol–water partition coefficient (Wildman–Crippen LogP) is 3.87. The summed E-state index contributed by atoms with van der Waals surface area (Å²) < 4.78 is 40.0. The molecule has 1 rings (SSSR count). The molecule has 0 aromatic heterocycles. The zero-order valence-corrected chi connectivity index (χ0v) is 8.26. The normalized spacial score (nSPS) is 21.5. The van der Waals surface area contributed by atoms with Crippen LogP contribution in [0.25, 0.3) is 0 Å². The van der Waals surface area contributed by atoms with Crippen LogP contribution in [0.1, 0.15) is 26.7 Å². The topological polar surface area (TPSA) is 9.23 Å². The van der Waals surface area contributed by atoms with E-state index in [1.165, 1.54) is 0 Å². The van der Waals surface area contributed by atoms with Crippen molar-refractivity contribution in [1.29, 1.82) is 0 Å². The highest BCUT2D eigenvalue weighted by molar-refractivity contribution is 7.95. The third-order valence-corrected chi connectivity index (χ3v) is 2.44. The van der Waals surface area contributed by atoms with Crippen molar-refractivity contribution in [2.24, 2.45) is 5.41 Å². The van der Waals surface area contributed by atoms with Gasteiger partial charge < -0.3 is 4.18 Å². The molecule has 0 atom stereocenters. The lowest BCUT2D eigenvalue weighted by Gasteiger charge is -2.21. The summed E-state index contributed by atoms with van der Waals surface area (Å²) in [6, 6.07) is 0. The maximum atomic E-state index is 11.8. The minimum atomic E-state index is -4.32. The second-order valence-electron chi connectivity index (χ2n) is 3.60. The van der Waals surface area contributed by atoms with Gasteiger partial charge in [0.05, 0.1) is 0 Å². The zero-order chi connectivity index (χ0) is 10.1. The van der Waals surface area contributed by atoms with Crippen molar-refractivity contribution in [1.82, 2.24) is 0 Å². The van der Waals surface area contributed by atoms with E-state index in [4.69, 9.17) is 0 Å². The van der Waals surface area contributed by atoms with Gasteiger partial charge in [0.25, 0.3) is 0 Å². The summed E-state index contributed by atoms with van der Waals surface area (Å²) in [6.45, 7) is 3.76. The highest BCUT2D eigenvalue weighted by Crippen LogP contribution is 2.43. The molecule has 1 nitrogen and oxygen atoms in total. The fourth-order valence-corrected chi connectivity index (χ4v) is 1.68. The molecule has 1 aliphatic carbocycles. The Morgan fingerprint density at radius 3 is 2.46 bits per heavy atom. The SMILES string of the molecule is CC1(C)CCC=C1OSC(F)(F)F. The van der Waals surface area contributed by atoms with Crippen LogP contribution in [0.5, 0.6) is 0 Å². The summed E-state index contributed by atoms with van der Waals surface area (Å²) in [4.78, 5) is 0. The Morgan fingerprint density at radius 2 is 2.08 bits per heavy atom. The second-order valence-corrected chi connectivity index (χ2v) is 4.40. The molecule has 0 N–H and O–H groups in total. The van der Waals surface area contributed by atoms with Crippen LogP contribution in [-0.2, 0) is 4.18 Å². The van der Waals surface area contributed by atoms with E-state index >= 15 is 0 Å². The van der Waals surface area contributed by atoms with Gasteiger partial charge in [-0.1, -0.05) is 13.8 Å². The van der Waals surface area contributed by atoms with E-state index < -0.39 is 17.6 Å². The van der Waals surface area contributed by atoms with E-state index in [2.05, 4.69) is 4.18 Å². The van der Waals surface area contributed by atoms with Gasteiger partial charge in [0.2, 0.25) is 0 Å². The first-order valence-electron chi connectivity index (χ1n) is 3.94. The molecule has 0 saturated heterocycles. The van der Waals surface area contributed by atoms with Crippen molar-refractivity contribution in [3.63, 3.8) is 0 Å². The number of halogens is 3. The summed E-state index contributed by atoms with van der Waals surface area (Å²) in [7, 11) is 0. The average molecular weight is 212 g/mol. The van der Waals surface area contributed by atoms with Gasteiger partial charge in [0.15, 0.2) is 12.0 Å². The maximum Gasteiger partial charge on any atom is 0.479 e. The van der Waals surface area contributed by atoms with E-state index in [9.17, 15) is 13.2 Å². The van der Waals surface area contributed by atoms with Crippen molar-refractivity contribution >= 4 is 12.0 Å². The van der Waals surface area contributed by atoms with Crippen molar-refractivity contribution in [3.8, 4) is 0 Å². The molecule has 0 spiro atoms. The third-order valence-electron chi connectivity index (χ3n) is 1.99. The highest BCUT2D eigenvalue weighted by atomic mass is 32.2. The summed E-state index contributed by atoms with van der Waals surface area (Å²) in [5, 5.41) is 0. The molecule has 0 unspecified atom stereocenters. The Bertz CT molecular complexity index is 220. The van der Waals surface area contributed by atoms with Gasteiger partial charge in [-0.2, -0.15) is 13.2 Å². The van der Waals surface area contributed by atoms with Gasteiger partial charge >= 0.3 is 5.51 Å². The Hall–Kier alpha value is -0.320.